The summed E-state index contributed by atoms with van der Waals surface area (Å²) in [4.78, 5) is 10.7. The van der Waals surface area contributed by atoms with Gasteiger partial charge >= 0.3 is 5.97 Å². The Labute approximate surface area is 72.1 Å². The van der Waals surface area contributed by atoms with Gasteiger partial charge in [0.25, 0.3) is 0 Å². The van der Waals surface area contributed by atoms with E-state index in [1.807, 2.05) is 0 Å². The Morgan fingerprint density at radius 1 is 1.58 bits per heavy atom. The molecule has 2 unspecified atom stereocenters. The van der Waals surface area contributed by atoms with Crippen LogP contribution in [0.25, 0.3) is 0 Å². The lowest BCUT2D eigenvalue weighted by molar-refractivity contribution is -0.141. The van der Waals surface area contributed by atoms with Crippen LogP contribution in [-0.4, -0.2) is 19.3 Å². The molecule has 0 radical (unpaired) electrons. The fraction of sp³-hybridized carbons (Fsp3) is 0.889. The number of carbonyl (C=O) groups excluding carboxylic acids is 1. The van der Waals surface area contributed by atoms with Crippen molar-refractivity contribution in [2.75, 3.05) is 7.11 Å². The lowest BCUT2D eigenvalue weighted by Gasteiger charge is -2.10. The molecule has 2 nitrogen and oxygen atoms in total. The van der Waals surface area contributed by atoms with Gasteiger partial charge in [0.1, 0.15) is 6.17 Å². The molecule has 0 aliphatic heterocycles. The Morgan fingerprint density at radius 3 is 2.83 bits per heavy atom. The van der Waals surface area contributed by atoms with Gasteiger partial charge < -0.3 is 4.74 Å². The predicted octanol–water partition coefficient (Wildman–Crippen LogP) is 2.08. The molecule has 12 heavy (non-hydrogen) atoms. The molecule has 3 heteroatoms. The van der Waals surface area contributed by atoms with Gasteiger partial charge in [-0.3, -0.25) is 4.79 Å². The van der Waals surface area contributed by atoms with E-state index in [1.165, 1.54) is 7.11 Å². The van der Waals surface area contributed by atoms with Crippen LogP contribution in [0, 0.1) is 5.92 Å². The monoisotopic (exact) mass is 174 g/mol. The molecule has 0 bridgehead atoms. The van der Waals surface area contributed by atoms with Crippen LogP contribution in [-0.2, 0) is 9.53 Å². The number of rotatable bonds is 3. The molecule has 1 fully saturated rings. The Hall–Kier alpha value is -0.600. The molecule has 0 amide bonds. The molecule has 1 saturated carbocycles. The highest BCUT2D eigenvalue weighted by Gasteiger charge is 2.26. The molecule has 1 rings (SSSR count). The number of carbonyl (C=O) groups is 1. The van der Waals surface area contributed by atoms with E-state index in [2.05, 4.69) is 4.74 Å². The van der Waals surface area contributed by atoms with Crippen LogP contribution in [0.3, 0.4) is 0 Å². The van der Waals surface area contributed by atoms with E-state index < -0.39 is 6.17 Å². The predicted molar refractivity (Wildman–Crippen MR) is 43.5 cm³/mol. The largest absolute Gasteiger partial charge is 0.469 e. The normalized spacial score (nSPS) is 28.8. The van der Waals surface area contributed by atoms with Crippen molar-refractivity contribution in [2.45, 2.75) is 38.3 Å². The van der Waals surface area contributed by atoms with Crippen molar-refractivity contribution in [3.63, 3.8) is 0 Å². The molecule has 0 saturated heterocycles. The average Bonchev–Trinajstić information content (AvgIpc) is 2.47. The van der Waals surface area contributed by atoms with Crippen LogP contribution in [0.1, 0.15) is 32.1 Å². The van der Waals surface area contributed by atoms with E-state index in [9.17, 15) is 9.18 Å². The van der Waals surface area contributed by atoms with Gasteiger partial charge in [-0.05, 0) is 25.2 Å². The third-order valence-electron chi connectivity index (χ3n) is 2.51. The first-order valence-electron chi connectivity index (χ1n) is 4.45. The number of esters is 1. The topological polar surface area (TPSA) is 26.3 Å². The van der Waals surface area contributed by atoms with Crippen LogP contribution >= 0.6 is 0 Å². The summed E-state index contributed by atoms with van der Waals surface area (Å²) in [7, 11) is 1.36. The van der Waals surface area contributed by atoms with Crippen LogP contribution in [0.4, 0.5) is 4.39 Å². The van der Waals surface area contributed by atoms with E-state index in [1.54, 1.807) is 0 Å². The highest BCUT2D eigenvalue weighted by atomic mass is 19.1. The molecule has 0 N–H and O–H groups in total. The number of alkyl halides is 1. The smallest absolute Gasteiger partial charge is 0.305 e. The molecule has 0 aromatic heterocycles. The molecule has 0 aromatic rings. The van der Waals surface area contributed by atoms with E-state index in [-0.39, 0.29) is 11.9 Å². The van der Waals surface area contributed by atoms with Crippen LogP contribution in [0.5, 0.6) is 0 Å². The number of halogens is 1. The number of hydrogen-bond donors (Lipinski definition) is 0. The summed E-state index contributed by atoms with van der Waals surface area (Å²) >= 11 is 0. The van der Waals surface area contributed by atoms with Crippen LogP contribution in [0.2, 0.25) is 0 Å². The Balaban J connectivity index is 2.18. The van der Waals surface area contributed by atoms with Gasteiger partial charge in [-0.2, -0.15) is 0 Å². The van der Waals surface area contributed by atoms with Gasteiger partial charge in [-0.1, -0.05) is 6.42 Å². The van der Waals surface area contributed by atoms with Gasteiger partial charge in [-0.25, -0.2) is 4.39 Å². The molecule has 1 aliphatic carbocycles. The second-order valence-corrected chi connectivity index (χ2v) is 3.32. The first-order chi connectivity index (χ1) is 5.74. The molecule has 0 heterocycles. The lowest BCUT2D eigenvalue weighted by atomic mass is 10.0. The van der Waals surface area contributed by atoms with Crippen LogP contribution in [0.15, 0.2) is 0 Å². The maximum Gasteiger partial charge on any atom is 0.305 e. The van der Waals surface area contributed by atoms with Crippen molar-refractivity contribution in [3.8, 4) is 0 Å². The van der Waals surface area contributed by atoms with Crippen molar-refractivity contribution >= 4 is 5.97 Å². The minimum atomic E-state index is -0.686. The van der Waals surface area contributed by atoms with E-state index in [0.29, 0.717) is 19.3 Å². The highest BCUT2D eigenvalue weighted by molar-refractivity contribution is 5.69. The Kier molecular flexibility index (Phi) is 3.50. The zero-order valence-corrected chi connectivity index (χ0v) is 7.38. The fourth-order valence-electron chi connectivity index (χ4n) is 1.72. The summed E-state index contributed by atoms with van der Waals surface area (Å²) in [5, 5.41) is 0. The maximum atomic E-state index is 13.0. The summed E-state index contributed by atoms with van der Waals surface area (Å²) in [5.41, 5.74) is 0. The average molecular weight is 174 g/mol. The van der Waals surface area contributed by atoms with Gasteiger partial charge in [0.2, 0.25) is 0 Å². The third kappa shape index (κ3) is 2.47. The number of ether oxygens (including phenoxy) is 1. The van der Waals surface area contributed by atoms with Crippen LogP contribution < -0.4 is 0 Å². The zero-order chi connectivity index (χ0) is 8.97. The highest BCUT2D eigenvalue weighted by Crippen LogP contribution is 2.31. The second kappa shape index (κ2) is 4.43. The summed E-state index contributed by atoms with van der Waals surface area (Å²) in [6.07, 6.45) is 2.89. The molecule has 2 atom stereocenters. The first-order valence-corrected chi connectivity index (χ1v) is 4.45. The fourth-order valence-corrected chi connectivity index (χ4v) is 1.72. The quantitative estimate of drug-likeness (QED) is 0.612. The summed E-state index contributed by atoms with van der Waals surface area (Å²) in [5.74, 6) is -0.127. The minimum Gasteiger partial charge on any atom is -0.469 e. The standard InChI is InChI=1S/C9H15FO2/c1-12-9(11)6-5-7-3-2-4-8(7)10/h7-8H,2-6H2,1H3. The SMILES string of the molecule is COC(=O)CCC1CCCC1F. The van der Waals surface area contributed by atoms with Crippen molar-refractivity contribution in [1.82, 2.24) is 0 Å². The Morgan fingerprint density at radius 2 is 2.33 bits per heavy atom. The van der Waals surface area contributed by atoms with E-state index in [0.717, 1.165) is 12.8 Å². The van der Waals surface area contributed by atoms with Gasteiger partial charge in [-0.15, -0.1) is 0 Å². The van der Waals surface area contributed by atoms with Crippen molar-refractivity contribution in [3.05, 3.63) is 0 Å². The molecule has 70 valence electrons. The Bertz CT molecular complexity index is 159. The zero-order valence-electron chi connectivity index (χ0n) is 7.38. The summed E-state index contributed by atoms with van der Waals surface area (Å²) < 4.78 is 17.5. The van der Waals surface area contributed by atoms with E-state index in [4.69, 9.17) is 0 Å². The van der Waals surface area contributed by atoms with Gasteiger partial charge in [0.05, 0.1) is 7.11 Å². The minimum absolute atomic E-state index is 0.101. The van der Waals surface area contributed by atoms with E-state index >= 15 is 0 Å². The van der Waals surface area contributed by atoms with Crippen molar-refractivity contribution < 1.29 is 13.9 Å². The second-order valence-electron chi connectivity index (χ2n) is 3.32. The summed E-state index contributed by atoms with van der Waals surface area (Å²) in [6, 6.07) is 0. The van der Waals surface area contributed by atoms with Crippen molar-refractivity contribution in [1.29, 1.82) is 0 Å². The van der Waals surface area contributed by atoms with Crippen molar-refractivity contribution in [2.24, 2.45) is 5.92 Å². The first kappa shape index (κ1) is 9.49. The molecular weight excluding hydrogens is 159 g/mol. The third-order valence-corrected chi connectivity index (χ3v) is 2.51. The van der Waals surface area contributed by atoms with Gasteiger partial charge in [0.15, 0.2) is 0 Å². The molecular formula is C9H15FO2. The maximum absolute atomic E-state index is 13.0. The summed E-state index contributed by atoms with van der Waals surface area (Å²) in [6.45, 7) is 0. The molecule has 0 aromatic carbocycles. The lowest BCUT2D eigenvalue weighted by Crippen LogP contribution is -2.11. The molecule has 1 aliphatic rings. The number of hydrogen-bond acceptors (Lipinski definition) is 2. The molecule has 0 spiro atoms. The van der Waals surface area contributed by atoms with Gasteiger partial charge in [0, 0.05) is 6.42 Å². The number of methoxy groups -OCH3 is 1.